The van der Waals surface area contributed by atoms with E-state index in [1.54, 1.807) is 10.7 Å². The van der Waals surface area contributed by atoms with Crippen LogP contribution < -0.4 is 20.1 Å². The van der Waals surface area contributed by atoms with Gasteiger partial charge in [0, 0.05) is 12.7 Å². The average molecular weight is 572 g/mol. The first-order chi connectivity index (χ1) is 15.9. The molecule has 0 radical (unpaired) electrons. The monoisotopic (exact) mass is 570 g/mol. The fraction of sp³-hybridized carbons (Fsp3) is 0.304. The first-order valence-electron chi connectivity index (χ1n) is 10.5. The van der Waals surface area contributed by atoms with Crippen LogP contribution in [0.4, 0.5) is 5.82 Å². The molecule has 3 rings (SSSR count). The molecular weight excluding hydrogens is 547 g/mol. The van der Waals surface area contributed by atoms with Crippen LogP contribution in [-0.2, 0) is 13.0 Å². The van der Waals surface area contributed by atoms with Gasteiger partial charge in [-0.05, 0) is 83.8 Å². The van der Waals surface area contributed by atoms with Gasteiger partial charge in [-0.3, -0.25) is 4.68 Å². The molecule has 0 spiro atoms. The highest BCUT2D eigenvalue weighted by Crippen LogP contribution is 2.29. The van der Waals surface area contributed by atoms with Crippen molar-refractivity contribution in [2.45, 2.75) is 26.8 Å². The van der Waals surface area contributed by atoms with E-state index in [-0.39, 0.29) is 0 Å². The SMILES string of the molecule is CCOc1ccc(CCNC(=S)Nc2nn(Cc3ccc(Cl)c(Cl)c3)cc2Br)cc1OCC. The fourth-order valence-electron chi connectivity index (χ4n) is 3.11. The van der Waals surface area contributed by atoms with E-state index >= 15 is 0 Å². The molecule has 0 bridgehead atoms. The Morgan fingerprint density at radius 2 is 1.76 bits per heavy atom. The molecule has 2 N–H and O–H groups in total. The number of anilines is 1. The third-order valence-corrected chi connectivity index (χ3v) is 6.15. The summed E-state index contributed by atoms with van der Waals surface area (Å²) in [5.74, 6) is 2.15. The molecule has 0 fully saturated rings. The first-order valence-corrected chi connectivity index (χ1v) is 12.5. The quantitative estimate of drug-likeness (QED) is 0.277. The lowest BCUT2D eigenvalue weighted by Gasteiger charge is -2.13. The number of nitrogens with zero attached hydrogens (tertiary/aromatic N) is 2. The Balaban J connectivity index is 1.53. The summed E-state index contributed by atoms with van der Waals surface area (Å²) >= 11 is 21.1. The maximum atomic E-state index is 6.10. The van der Waals surface area contributed by atoms with E-state index in [2.05, 4.69) is 31.7 Å². The van der Waals surface area contributed by atoms with Crippen LogP contribution in [0, 0.1) is 0 Å². The van der Waals surface area contributed by atoms with E-state index in [0.29, 0.717) is 47.3 Å². The zero-order valence-electron chi connectivity index (χ0n) is 18.3. The second kappa shape index (κ2) is 12.5. The zero-order chi connectivity index (χ0) is 23.8. The van der Waals surface area contributed by atoms with Crippen molar-refractivity contribution in [3.05, 3.63) is 68.2 Å². The van der Waals surface area contributed by atoms with Gasteiger partial charge in [0.25, 0.3) is 0 Å². The number of benzene rings is 2. The van der Waals surface area contributed by atoms with Gasteiger partial charge in [-0.15, -0.1) is 0 Å². The van der Waals surface area contributed by atoms with Gasteiger partial charge in [0.1, 0.15) is 0 Å². The number of rotatable bonds is 10. The molecule has 0 aliphatic heterocycles. The van der Waals surface area contributed by atoms with Crippen molar-refractivity contribution in [3.8, 4) is 11.5 Å². The Kier molecular flexibility index (Phi) is 9.67. The van der Waals surface area contributed by atoms with Crippen LogP contribution in [0.2, 0.25) is 10.0 Å². The van der Waals surface area contributed by atoms with Crippen molar-refractivity contribution in [1.29, 1.82) is 0 Å². The number of hydrogen-bond acceptors (Lipinski definition) is 4. The van der Waals surface area contributed by atoms with E-state index in [4.69, 9.17) is 44.9 Å². The molecule has 6 nitrogen and oxygen atoms in total. The summed E-state index contributed by atoms with van der Waals surface area (Å²) in [6.45, 7) is 6.31. The normalized spacial score (nSPS) is 10.7. The highest BCUT2D eigenvalue weighted by atomic mass is 79.9. The van der Waals surface area contributed by atoms with Crippen molar-refractivity contribution in [1.82, 2.24) is 15.1 Å². The molecule has 10 heteroatoms. The van der Waals surface area contributed by atoms with Crippen molar-refractivity contribution < 1.29 is 9.47 Å². The van der Waals surface area contributed by atoms with Gasteiger partial charge < -0.3 is 20.1 Å². The number of hydrogen-bond donors (Lipinski definition) is 2. The third-order valence-electron chi connectivity index (χ3n) is 4.58. The van der Waals surface area contributed by atoms with Gasteiger partial charge in [-0.1, -0.05) is 35.3 Å². The Morgan fingerprint density at radius 1 is 1.03 bits per heavy atom. The predicted molar refractivity (Wildman–Crippen MR) is 142 cm³/mol. The minimum Gasteiger partial charge on any atom is -0.490 e. The van der Waals surface area contributed by atoms with Gasteiger partial charge in [0.05, 0.1) is 34.3 Å². The Labute approximate surface area is 217 Å². The smallest absolute Gasteiger partial charge is 0.172 e. The average Bonchev–Trinajstić information content (AvgIpc) is 3.11. The molecule has 2 aromatic carbocycles. The molecule has 0 aliphatic carbocycles. The summed E-state index contributed by atoms with van der Waals surface area (Å²) in [4.78, 5) is 0. The number of halogens is 3. The lowest BCUT2D eigenvalue weighted by Crippen LogP contribution is -2.30. The Bertz CT molecular complexity index is 1110. The molecule has 1 aromatic heterocycles. The van der Waals surface area contributed by atoms with Crippen LogP contribution in [0.25, 0.3) is 0 Å². The molecule has 0 atom stereocenters. The third kappa shape index (κ3) is 7.50. The number of nitrogens with one attached hydrogen (secondary N) is 2. The summed E-state index contributed by atoms with van der Waals surface area (Å²) in [5.41, 5.74) is 2.12. The van der Waals surface area contributed by atoms with Crippen LogP contribution >= 0.6 is 51.3 Å². The molecule has 1 heterocycles. The lowest BCUT2D eigenvalue weighted by molar-refractivity contribution is 0.287. The fourth-order valence-corrected chi connectivity index (χ4v) is 4.05. The summed E-state index contributed by atoms with van der Waals surface area (Å²) in [6.07, 6.45) is 2.66. The van der Waals surface area contributed by atoms with Gasteiger partial charge in [-0.25, -0.2) is 0 Å². The summed E-state index contributed by atoms with van der Waals surface area (Å²) in [5, 5.41) is 12.4. The highest BCUT2D eigenvalue weighted by molar-refractivity contribution is 9.10. The summed E-state index contributed by atoms with van der Waals surface area (Å²) < 4.78 is 13.9. The molecule has 0 amide bonds. The van der Waals surface area contributed by atoms with Crippen molar-refractivity contribution in [2.24, 2.45) is 0 Å². The molecule has 176 valence electrons. The van der Waals surface area contributed by atoms with Gasteiger partial charge in [0.15, 0.2) is 22.4 Å². The molecule has 0 aliphatic rings. The largest absolute Gasteiger partial charge is 0.490 e. The first kappa shape index (κ1) is 25.6. The minimum absolute atomic E-state index is 0.492. The van der Waals surface area contributed by atoms with Gasteiger partial charge >= 0.3 is 0 Å². The predicted octanol–water partition coefficient (Wildman–Crippen LogP) is 6.33. The van der Waals surface area contributed by atoms with E-state index in [9.17, 15) is 0 Å². The maximum absolute atomic E-state index is 6.10. The minimum atomic E-state index is 0.492. The molecule has 3 aromatic rings. The van der Waals surface area contributed by atoms with Crippen LogP contribution in [-0.4, -0.2) is 34.7 Å². The van der Waals surface area contributed by atoms with Crippen LogP contribution in [0.15, 0.2) is 47.1 Å². The van der Waals surface area contributed by atoms with Crippen molar-refractivity contribution >= 4 is 62.3 Å². The number of ether oxygens (including phenoxy) is 2. The Hall–Kier alpha value is -2.00. The summed E-state index contributed by atoms with van der Waals surface area (Å²) in [7, 11) is 0. The van der Waals surface area contributed by atoms with E-state index in [1.807, 2.05) is 50.4 Å². The maximum Gasteiger partial charge on any atom is 0.172 e. The molecule has 0 saturated carbocycles. The standard InChI is InChI=1S/C23H25BrCl2N4O2S/c1-3-31-20-8-6-15(12-21(20)32-4-2)9-10-27-23(33)28-22-17(24)14-30(29-22)13-16-5-7-18(25)19(26)11-16/h5-8,11-12,14H,3-4,9-10,13H2,1-2H3,(H2,27,28,29,33). The summed E-state index contributed by atoms with van der Waals surface area (Å²) in [6, 6.07) is 11.5. The zero-order valence-corrected chi connectivity index (χ0v) is 22.2. The van der Waals surface area contributed by atoms with E-state index in [0.717, 1.165) is 33.5 Å². The lowest BCUT2D eigenvalue weighted by atomic mass is 10.1. The van der Waals surface area contributed by atoms with E-state index < -0.39 is 0 Å². The van der Waals surface area contributed by atoms with Crippen molar-refractivity contribution in [2.75, 3.05) is 25.1 Å². The van der Waals surface area contributed by atoms with Crippen molar-refractivity contribution in [3.63, 3.8) is 0 Å². The number of thiocarbonyl (C=S) groups is 1. The Morgan fingerprint density at radius 3 is 2.48 bits per heavy atom. The van der Waals surface area contributed by atoms with Gasteiger partial charge in [-0.2, -0.15) is 5.10 Å². The van der Waals surface area contributed by atoms with E-state index in [1.165, 1.54) is 0 Å². The van der Waals surface area contributed by atoms with Crippen LogP contribution in [0.3, 0.4) is 0 Å². The second-order valence-electron chi connectivity index (χ2n) is 7.05. The van der Waals surface area contributed by atoms with Gasteiger partial charge in [0.2, 0.25) is 0 Å². The highest BCUT2D eigenvalue weighted by Gasteiger charge is 2.10. The van der Waals surface area contributed by atoms with Crippen LogP contribution in [0.1, 0.15) is 25.0 Å². The molecule has 33 heavy (non-hydrogen) atoms. The second-order valence-corrected chi connectivity index (χ2v) is 9.13. The molecule has 0 unspecified atom stereocenters. The van der Waals surface area contributed by atoms with Crippen LogP contribution in [0.5, 0.6) is 11.5 Å². The number of aromatic nitrogens is 2. The topological polar surface area (TPSA) is 60.3 Å². The molecular formula is C23H25BrCl2N4O2S. The molecule has 0 saturated heterocycles.